The summed E-state index contributed by atoms with van der Waals surface area (Å²) in [7, 11) is 0. The highest BCUT2D eigenvalue weighted by molar-refractivity contribution is 6.02. The number of carbonyl (C=O) groups is 1. The molecule has 0 aliphatic carbocycles. The molecule has 4 heterocycles. The van der Waals surface area contributed by atoms with Gasteiger partial charge in [0.25, 0.3) is 0 Å². The Balaban J connectivity index is 0.00000144. The van der Waals surface area contributed by atoms with Crippen molar-refractivity contribution in [3.05, 3.63) is 78.6 Å². The first-order chi connectivity index (χ1) is 18.5. The lowest BCUT2D eigenvalue weighted by Crippen LogP contribution is -2.59. The van der Waals surface area contributed by atoms with Crippen molar-refractivity contribution < 1.29 is 4.79 Å². The predicted molar refractivity (Wildman–Crippen MR) is 152 cm³/mol. The molecule has 1 N–H and O–H groups in total. The van der Waals surface area contributed by atoms with Crippen LogP contribution in [0.5, 0.6) is 0 Å². The van der Waals surface area contributed by atoms with E-state index in [9.17, 15) is 10.1 Å². The third-order valence-electron chi connectivity index (χ3n) is 7.62. The van der Waals surface area contributed by atoms with Gasteiger partial charge in [0.1, 0.15) is 6.07 Å². The van der Waals surface area contributed by atoms with E-state index in [1.165, 1.54) is 6.08 Å². The van der Waals surface area contributed by atoms with E-state index in [0.29, 0.717) is 5.56 Å². The Hall–Kier alpha value is -4.44. The molecule has 1 amide bonds. The lowest BCUT2D eigenvalue weighted by atomic mass is 9.79. The fourth-order valence-electron chi connectivity index (χ4n) is 5.82. The molecule has 2 saturated heterocycles. The minimum Gasteiger partial charge on any atom is -0.368 e. The summed E-state index contributed by atoms with van der Waals surface area (Å²) < 4.78 is 0. The van der Waals surface area contributed by atoms with Crippen molar-refractivity contribution in [2.24, 2.45) is 5.41 Å². The normalized spacial score (nSPS) is 15.5. The highest BCUT2D eigenvalue weighted by Crippen LogP contribution is 2.46. The van der Waals surface area contributed by atoms with Gasteiger partial charge in [-0.3, -0.25) is 14.9 Å². The van der Waals surface area contributed by atoms with Crippen LogP contribution in [-0.4, -0.2) is 52.2 Å². The molecule has 4 aromatic rings. The summed E-state index contributed by atoms with van der Waals surface area (Å²) in [4.78, 5) is 21.1. The summed E-state index contributed by atoms with van der Waals surface area (Å²) >= 11 is 0. The lowest BCUT2D eigenvalue weighted by molar-refractivity contribution is -0.136. The number of pyridine rings is 1. The van der Waals surface area contributed by atoms with Gasteiger partial charge < -0.3 is 9.80 Å². The molecule has 38 heavy (non-hydrogen) atoms. The number of aromatic nitrogens is 3. The van der Waals surface area contributed by atoms with Gasteiger partial charge in [-0.25, -0.2) is 0 Å². The number of rotatable bonds is 4. The van der Waals surface area contributed by atoms with Gasteiger partial charge in [-0.15, -0.1) is 0 Å². The van der Waals surface area contributed by atoms with Crippen molar-refractivity contribution in [2.45, 2.75) is 27.2 Å². The Bertz CT molecular complexity index is 1540. The van der Waals surface area contributed by atoms with Crippen LogP contribution in [0.15, 0.2) is 67.5 Å². The summed E-state index contributed by atoms with van der Waals surface area (Å²) in [5.74, 6) is -0.0170. The summed E-state index contributed by atoms with van der Waals surface area (Å²) in [6.07, 6.45) is 6.03. The Morgan fingerprint density at radius 1 is 1.11 bits per heavy atom. The number of aromatic amines is 1. The largest absolute Gasteiger partial charge is 0.368 e. The number of likely N-dealkylation sites (tertiary alicyclic amines) is 1. The van der Waals surface area contributed by atoms with Gasteiger partial charge in [0.2, 0.25) is 5.91 Å². The summed E-state index contributed by atoms with van der Waals surface area (Å²) in [5, 5.41) is 18.9. The highest BCUT2D eigenvalue weighted by atomic mass is 16.2. The molecule has 1 spiro atoms. The van der Waals surface area contributed by atoms with E-state index in [4.69, 9.17) is 4.98 Å². The number of nitriles is 1. The molecule has 192 valence electrons. The van der Waals surface area contributed by atoms with Crippen molar-refractivity contribution >= 4 is 22.5 Å². The van der Waals surface area contributed by atoms with Crippen molar-refractivity contribution in [1.29, 1.82) is 5.26 Å². The van der Waals surface area contributed by atoms with Crippen LogP contribution in [0.1, 0.15) is 31.4 Å². The minimum atomic E-state index is -0.0170. The molecule has 6 rings (SSSR count). The van der Waals surface area contributed by atoms with Gasteiger partial charge in [0.05, 0.1) is 34.9 Å². The minimum absolute atomic E-state index is 0.0170. The van der Waals surface area contributed by atoms with Crippen molar-refractivity contribution in [3.8, 4) is 28.5 Å². The van der Waals surface area contributed by atoms with E-state index in [0.717, 1.165) is 77.1 Å². The molecule has 0 radical (unpaired) electrons. The second kappa shape index (κ2) is 10.1. The standard InChI is InChI=1S/C29H26N6O.C2H6/c1-3-25(36)35-17-29(18-35)11-12-34(16-29)24-15-31-28(20-7-5-4-6-8-20)27(21(24)13-30)26-19(2)9-10-23-22(26)14-32-33-23;1-2/h3-10,14-15H,1,11-12,16-18H2,2H3,(H,32,33);1-2H3. The molecule has 0 saturated carbocycles. The zero-order valence-electron chi connectivity index (χ0n) is 22.2. The molecule has 2 aliphatic rings. The lowest BCUT2D eigenvalue weighted by Gasteiger charge is -2.47. The second-order valence-corrected chi connectivity index (χ2v) is 9.88. The SMILES string of the molecule is C=CC(=O)N1CC2(CCN(c3cnc(-c4ccccc4)c(-c4c(C)ccc5[nH]ncc45)c3C#N)C2)C1.CC. The first kappa shape index (κ1) is 25.2. The van der Waals surface area contributed by atoms with Gasteiger partial charge in [0, 0.05) is 48.1 Å². The molecule has 2 aromatic heterocycles. The molecular weight excluding hydrogens is 472 g/mol. The van der Waals surface area contributed by atoms with Crippen LogP contribution < -0.4 is 4.90 Å². The Morgan fingerprint density at radius 3 is 2.58 bits per heavy atom. The van der Waals surface area contributed by atoms with E-state index in [1.54, 1.807) is 0 Å². The zero-order chi connectivity index (χ0) is 26.9. The van der Waals surface area contributed by atoms with E-state index < -0.39 is 0 Å². The third-order valence-corrected chi connectivity index (χ3v) is 7.62. The molecular formula is C31H32N6O. The Labute approximate surface area is 223 Å². The van der Waals surface area contributed by atoms with E-state index in [2.05, 4.69) is 40.7 Å². The van der Waals surface area contributed by atoms with Crippen LogP contribution in [0, 0.1) is 23.7 Å². The van der Waals surface area contributed by atoms with Gasteiger partial charge in [-0.1, -0.05) is 56.8 Å². The Kier molecular flexibility index (Phi) is 6.73. The zero-order valence-corrected chi connectivity index (χ0v) is 22.2. The van der Waals surface area contributed by atoms with Gasteiger partial charge in [0.15, 0.2) is 0 Å². The molecule has 0 atom stereocenters. The summed E-state index contributed by atoms with van der Waals surface area (Å²) in [6, 6.07) is 16.6. The number of hydrogen-bond donors (Lipinski definition) is 1. The summed E-state index contributed by atoms with van der Waals surface area (Å²) in [5.41, 5.74) is 7.07. The number of aryl methyl sites for hydroxylation is 1. The number of amides is 1. The maximum Gasteiger partial charge on any atom is 0.245 e. The molecule has 7 nitrogen and oxygen atoms in total. The van der Waals surface area contributed by atoms with Crippen LogP contribution in [0.2, 0.25) is 0 Å². The number of anilines is 1. The van der Waals surface area contributed by atoms with Crippen LogP contribution in [-0.2, 0) is 4.79 Å². The number of nitrogens with zero attached hydrogens (tertiary/aromatic N) is 5. The van der Waals surface area contributed by atoms with Gasteiger partial charge in [-0.2, -0.15) is 10.4 Å². The molecule has 0 unspecified atom stereocenters. The van der Waals surface area contributed by atoms with Crippen molar-refractivity contribution in [1.82, 2.24) is 20.1 Å². The number of carbonyl (C=O) groups excluding carboxylic acids is 1. The number of H-pyrrole nitrogens is 1. The van der Waals surface area contributed by atoms with Crippen molar-refractivity contribution in [3.63, 3.8) is 0 Å². The number of nitrogens with one attached hydrogen (secondary N) is 1. The first-order valence-corrected chi connectivity index (χ1v) is 13.1. The van der Waals surface area contributed by atoms with Gasteiger partial charge >= 0.3 is 0 Å². The van der Waals surface area contributed by atoms with Crippen LogP contribution in [0.4, 0.5) is 5.69 Å². The molecule has 2 aromatic carbocycles. The van der Waals surface area contributed by atoms with E-state index in [-0.39, 0.29) is 11.3 Å². The fourth-order valence-corrected chi connectivity index (χ4v) is 5.82. The topological polar surface area (TPSA) is 88.9 Å². The molecule has 0 bridgehead atoms. The maximum atomic E-state index is 12.0. The smallest absolute Gasteiger partial charge is 0.245 e. The molecule has 7 heteroatoms. The number of fused-ring (bicyclic) bond motifs is 1. The number of benzene rings is 2. The maximum absolute atomic E-state index is 12.0. The average Bonchev–Trinajstić information content (AvgIpc) is 3.61. The highest BCUT2D eigenvalue weighted by Gasteiger charge is 2.49. The Morgan fingerprint density at radius 2 is 1.87 bits per heavy atom. The fraction of sp³-hybridized carbons (Fsp3) is 0.290. The monoisotopic (exact) mass is 504 g/mol. The first-order valence-electron chi connectivity index (χ1n) is 13.1. The average molecular weight is 505 g/mol. The van der Waals surface area contributed by atoms with E-state index in [1.807, 2.05) is 67.5 Å². The van der Waals surface area contributed by atoms with Crippen molar-refractivity contribution in [2.75, 3.05) is 31.1 Å². The van der Waals surface area contributed by atoms with Crippen LogP contribution >= 0.6 is 0 Å². The van der Waals surface area contributed by atoms with Crippen LogP contribution in [0.25, 0.3) is 33.3 Å². The van der Waals surface area contributed by atoms with Crippen LogP contribution in [0.3, 0.4) is 0 Å². The molecule has 2 fully saturated rings. The second-order valence-electron chi connectivity index (χ2n) is 9.88. The summed E-state index contributed by atoms with van der Waals surface area (Å²) in [6.45, 7) is 12.7. The van der Waals surface area contributed by atoms with E-state index >= 15 is 0 Å². The molecule has 2 aliphatic heterocycles. The van der Waals surface area contributed by atoms with Gasteiger partial charge in [-0.05, 0) is 36.6 Å². The number of hydrogen-bond acceptors (Lipinski definition) is 5. The third kappa shape index (κ3) is 4.12. The predicted octanol–water partition coefficient (Wildman–Crippen LogP) is 5.72. The quantitative estimate of drug-likeness (QED) is 0.359.